The Bertz CT molecular complexity index is 1050. The van der Waals surface area contributed by atoms with Gasteiger partial charge in [-0.3, -0.25) is 14.4 Å². The van der Waals surface area contributed by atoms with Gasteiger partial charge in [0.1, 0.15) is 29.4 Å². The third-order valence-corrected chi connectivity index (χ3v) is 5.62. The van der Waals surface area contributed by atoms with E-state index in [2.05, 4.69) is 16.0 Å². The van der Waals surface area contributed by atoms with Crippen molar-refractivity contribution in [2.75, 3.05) is 12.4 Å². The number of hydrogen-bond acceptors (Lipinski definition) is 5. The molecule has 1 heterocycles. The van der Waals surface area contributed by atoms with E-state index >= 15 is 0 Å². The molecule has 3 rings (SSSR count). The van der Waals surface area contributed by atoms with Gasteiger partial charge in [0.25, 0.3) is 5.91 Å². The number of anilines is 1. The van der Waals surface area contributed by atoms with Crippen LogP contribution in [0.4, 0.5) is 14.5 Å². The molecule has 0 aliphatic carbocycles. The van der Waals surface area contributed by atoms with Gasteiger partial charge in [0.15, 0.2) is 0 Å². The lowest BCUT2D eigenvalue weighted by Gasteiger charge is -2.30. The Balaban J connectivity index is 0.00000408. The first-order valence-corrected chi connectivity index (χ1v) is 10.4. The van der Waals surface area contributed by atoms with Gasteiger partial charge < -0.3 is 26.0 Å². The molecule has 1 unspecified atom stereocenters. The first-order chi connectivity index (χ1) is 15.6. The molecule has 1 aliphatic heterocycles. The molecule has 11 heteroatoms. The van der Waals surface area contributed by atoms with Gasteiger partial charge >= 0.3 is 0 Å². The van der Waals surface area contributed by atoms with E-state index in [0.717, 1.165) is 12.1 Å². The van der Waals surface area contributed by atoms with Gasteiger partial charge in [0, 0.05) is 6.54 Å². The van der Waals surface area contributed by atoms with Crippen LogP contribution in [0.5, 0.6) is 0 Å². The van der Waals surface area contributed by atoms with Crippen molar-refractivity contribution in [3.05, 3.63) is 65.2 Å². The lowest BCUT2D eigenvalue weighted by Crippen LogP contribution is -2.56. The Kier molecular flexibility index (Phi) is 9.08. The van der Waals surface area contributed by atoms with E-state index in [1.54, 1.807) is 38.2 Å². The highest BCUT2D eigenvalue weighted by Crippen LogP contribution is 2.35. The maximum Gasteiger partial charge on any atom is 0.252 e. The van der Waals surface area contributed by atoms with Gasteiger partial charge in [-0.1, -0.05) is 30.3 Å². The van der Waals surface area contributed by atoms with Crippen LogP contribution in [0.25, 0.3) is 0 Å². The van der Waals surface area contributed by atoms with E-state index in [1.165, 1.54) is 17.9 Å². The first-order valence-electron chi connectivity index (χ1n) is 10.4. The number of benzene rings is 2. The highest BCUT2D eigenvalue weighted by molar-refractivity contribution is 6.00. The van der Waals surface area contributed by atoms with E-state index in [9.17, 15) is 28.3 Å². The maximum absolute atomic E-state index is 14.1. The highest BCUT2D eigenvalue weighted by Gasteiger charge is 2.42. The zero-order valence-electron chi connectivity index (χ0n) is 18.8. The summed E-state index contributed by atoms with van der Waals surface area (Å²) in [6.45, 7) is 2.96. The molecule has 4 atom stereocenters. The van der Waals surface area contributed by atoms with Crippen molar-refractivity contribution in [2.24, 2.45) is 0 Å². The molecule has 2 aromatic carbocycles. The standard InChI is InChI=1S/C23H26F2N4O4.ClH/c1-12(26-3)21(31)27-18(13(2)30)23(33)29-11-14-7-4-5-8-15(14)20(29)22(32)28-19-16(24)9-6-10-17(19)25;/h4-10,12-13,18,20,26,30H,11H2,1-3H3,(H,27,31)(H,28,32);1H/t12?,13-,18+,20+;/m1./s1. The Labute approximate surface area is 202 Å². The number of aliphatic hydroxyl groups is 1. The summed E-state index contributed by atoms with van der Waals surface area (Å²) in [7, 11) is 1.57. The van der Waals surface area contributed by atoms with E-state index < -0.39 is 59.3 Å². The number of hydrogen-bond donors (Lipinski definition) is 4. The SMILES string of the molecule is CNC(C)C(=O)N[C@H](C(=O)N1Cc2ccccc2[C@H]1C(=O)Nc1c(F)cccc1F)[C@@H](C)O.Cl. The third-order valence-electron chi connectivity index (χ3n) is 5.62. The smallest absolute Gasteiger partial charge is 0.252 e. The summed E-state index contributed by atoms with van der Waals surface area (Å²) in [6.07, 6.45) is -1.26. The molecule has 1 aliphatic rings. The average molecular weight is 497 g/mol. The van der Waals surface area contributed by atoms with Crippen molar-refractivity contribution in [3.8, 4) is 0 Å². The van der Waals surface area contributed by atoms with Crippen LogP contribution >= 0.6 is 12.4 Å². The Morgan fingerprint density at radius 3 is 2.26 bits per heavy atom. The summed E-state index contributed by atoms with van der Waals surface area (Å²) < 4.78 is 28.2. The number of fused-ring (bicyclic) bond motifs is 1. The van der Waals surface area contributed by atoms with Gasteiger partial charge in [-0.05, 0) is 44.2 Å². The molecule has 0 bridgehead atoms. The summed E-state index contributed by atoms with van der Waals surface area (Å²) >= 11 is 0. The summed E-state index contributed by atoms with van der Waals surface area (Å²) in [5.74, 6) is -3.95. The Morgan fingerprint density at radius 1 is 1.06 bits per heavy atom. The lowest BCUT2D eigenvalue weighted by molar-refractivity contribution is -0.144. The number of para-hydroxylation sites is 1. The van der Waals surface area contributed by atoms with Crippen LogP contribution in [-0.2, 0) is 20.9 Å². The molecule has 4 N–H and O–H groups in total. The molecule has 8 nitrogen and oxygen atoms in total. The maximum atomic E-state index is 14.1. The van der Waals surface area contributed by atoms with Crippen LogP contribution in [-0.4, -0.2) is 53.0 Å². The molecule has 2 aromatic rings. The van der Waals surface area contributed by atoms with Gasteiger partial charge in [0.05, 0.1) is 12.1 Å². The fourth-order valence-electron chi connectivity index (χ4n) is 3.66. The minimum Gasteiger partial charge on any atom is -0.391 e. The Hall–Kier alpha value is -3.08. The molecule has 0 spiro atoms. The van der Waals surface area contributed by atoms with Gasteiger partial charge in [-0.15, -0.1) is 12.4 Å². The van der Waals surface area contributed by atoms with Crippen molar-refractivity contribution in [1.29, 1.82) is 0 Å². The van der Waals surface area contributed by atoms with Crippen LogP contribution < -0.4 is 16.0 Å². The summed E-state index contributed by atoms with van der Waals surface area (Å²) in [6, 6.07) is 6.80. The van der Waals surface area contributed by atoms with Crippen molar-refractivity contribution >= 4 is 35.8 Å². The van der Waals surface area contributed by atoms with E-state index in [1.807, 2.05) is 0 Å². The predicted molar refractivity (Wildman–Crippen MR) is 124 cm³/mol. The quantitative estimate of drug-likeness (QED) is 0.468. The number of halogens is 3. The van der Waals surface area contributed by atoms with Crippen LogP contribution in [0.15, 0.2) is 42.5 Å². The first kappa shape index (κ1) is 27.2. The minimum absolute atomic E-state index is 0. The fourth-order valence-corrected chi connectivity index (χ4v) is 3.66. The van der Waals surface area contributed by atoms with E-state index in [4.69, 9.17) is 0 Å². The van der Waals surface area contributed by atoms with Gasteiger partial charge in [-0.2, -0.15) is 0 Å². The molecule has 0 saturated heterocycles. The van der Waals surface area contributed by atoms with Crippen LogP contribution in [0.2, 0.25) is 0 Å². The minimum atomic E-state index is -1.33. The second kappa shape index (κ2) is 11.4. The average Bonchev–Trinajstić information content (AvgIpc) is 3.18. The lowest BCUT2D eigenvalue weighted by atomic mass is 10.0. The molecule has 3 amide bonds. The molecule has 0 fully saturated rings. The zero-order chi connectivity index (χ0) is 24.3. The van der Waals surface area contributed by atoms with Crippen molar-refractivity contribution in [3.63, 3.8) is 0 Å². The second-order valence-corrected chi connectivity index (χ2v) is 7.89. The monoisotopic (exact) mass is 496 g/mol. The van der Waals surface area contributed by atoms with Gasteiger partial charge in [0.2, 0.25) is 11.8 Å². The normalized spacial score (nSPS) is 17.1. The molecule has 0 radical (unpaired) electrons. The summed E-state index contributed by atoms with van der Waals surface area (Å²) in [5.41, 5.74) is 0.529. The molecule has 0 saturated carbocycles. The van der Waals surface area contributed by atoms with E-state index in [0.29, 0.717) is 11.1 Å². The number of carbonyl (C=O) groups is 3. The highest BCUT2D eigenvalue weighted by atomic mass is 35.5. The van der Waals surface area contributed by atoms with Crippen molar-refractivity contribution < 1.29 is 28.3 Å². The number of aliphatic hydroxyl groups excluding tert-OH is 1. The van der Waals surface area contributed by atoms with Crippen molar-refractivity contribution in [2.45, 2.75) is 44.6 Å². The number of nitrogens with zero attached hydrogens (tertiary/aromatic N) is 1. The molecule has 34 heavy (non-hydrogen) atoms. The van der Waals surface area contributed by atoms with Crippen molar-refractivity contribution in [1.82, 2.24) is 15.5 Å². The summed E-state index contributed by atoms with van der Waals surface area (Å²) in [4.78, 5) is 40.1. The topological polar surface area (TPSA) is 111 Å². The molecular formula is C23H27ClF2N4O4. The van der Waals surface area contributed by atoms with Gasteiger partial charge in [-0.25, -0.2) is 8.78 Å². The Morgan fingerprint density at radius 2 is 1.68 bits per heavy atom. The van der Waals surface area contributed by atoms with Crippen LogP contribution in [0, 0.1) is 11.6 Å². The number of likely N-dealkylation sites (N-methyl/N-ethyl adjacent to an activating group) is 1. The number of carbonyl (C=O) groups excluding carboxylic acids is 3. The number of rotatable bonds is 7. The second-order valence-electron chi connectivity index (χ2n) is 7.89. The van der Waals surface area contributed by atoms with Crippen LogP contribution in [0.3, 0.4) is 0 Å². The number of nitrogens with one attached hydrogen (secondary N) is 3. The molecule has 0 aromatic heterocycles. The third kappa shape index (κ3) is 5.52. The zero-order valence-corrected chi connectivity index (χ0v) is 19.7. The largest absolute Gasteiger partial charge is 0.391 e. The number of amides is 3. The molecule has 184 valence electrons. The van der Waals surface area contributed by atoms with Crippen LogP contribution in [0.1, 0.15) is 31.0 Å². The fraction of sp³-hybridized carbons (Fsp3) is 0.348. The van der Waals surface area contributed by atoms with E-state index in [-0.39, 0.29) is 19.0 Å². The predicted octanol–water partition coefficient (Wildman–Crippen LogP) is 1.88. The summed E-state index contributed by atoms with van der Waals surface area (Å²) in [5, 5.41) is 17.7. The molecular weight excluding hydrogens is 470 g/mol.